The molecule has 0 N–H and O–H groups in total. The van der Waals surface area contributed by atoms with E-state index in [0.717, 1.165) is 38.5 Å². The van der Waals surface area contributed by atoms with E-state index in [4.69, 9.17) is 0 Å². The summed E-state index contributed by atoms with van der Waals surface area (Å²) in [6.45, 7) is 6.22. The molecule has 2 nitrogen and oxygen atoms in total. The predicted octanol–water partition coefficient (Wildman–Crippen LogP) is 6.32. The maximum absolute atomic E-state index is 12.8. The van der Waals surface area contributed by atoms with E-state index in [1.165, 1.54) is 27.9 Å². The first-order valence-corrected chi connectivity index (χ1v) is 11.1. The smallest absolute Gasteiger partial charge is 0.139 e. The van der Waals surface area contributed by atoms with Crippen LogP contribution in [-0.4, -0.2) is 11.6 Å². The van der Waals surface area contributed by atoms with Crippen molar-refractivity contribution >= 4 is 17.1 Å². The molecule has 0 spiro atoms. The van der Waals surface area contributed by atoms with Crippen LogP contribution in [0.4, 0.5) is 0 Å². The van der Waals surface area contributed by atoms with Crippen molar-refractivity contribution in [3.8, 4) is 0 Å². The van der Waals surface area contributed by atoms with E-state index in [1.54, 1.807) is 0 Å². The summed E-state index contributed by atoms with van der Waals surface area (Å²) in [6.07, 6.45) is 7.10. The van der Waals surface area contributed by atoms with Crippen molar-refractivity contribution in [1.82, 2.24) is 0 Å². The lowest BCUT2D eigenvalue weighted by atomic mass is 9.56. The number of carbonyl (C=O) groups is 2. The van der Waals surface area contributed by atoms with Crippen LogP contribution in [0.3, 0.4) is 0 Å². The molecule has 0 radical (unpaired) electrons. The topological polar surface area (TPSA) is 34.1 Å². The fourth-order valence-electron chi connectivity index (χ4n) is 6.28. The Hall–Kier alpha value is -1.96. The van der Waals surface area contributed by atoms with Crippen LogP contribution in [0, 0.1) is 17.3 Å². The molecule has 0 heterocycles. The average Bonchev–Trinajstić information content (AvgIpc) is 3.03. The molecule has 148 valence electrons. The Morgan fingerprint density at radius 3 is 2.39 bits per heavy atom. The van der Waals surface area contributed by atoms with E-state index in [9.17, 15) is 9.59 Å². The van der Waals surface area contributed by atoms with Gasteiger partial charge < -0.3 is 0 Å². The van der Waals surface area contributed by atoms with Crippen molar-refractivity contribution in [3.63, 3.8) is 0 Å². The molecule has 4 aliphatic rings. The first kappa shape index (κ1) is 19.4. The Kier molecular flexibility index (Phi) is 5.16. The predicted molar refractivity (Wildman–Crippen MR) is 114 cm³/mol. The number of Topliss-reactive ketones (excluding diaryl/α,β-unsaturated/α-hetero) is 2. The number of fused-ring (bicyclic) bond motifs is 4. The molecule has 2 heteroatoms. The van der Waals surface area contributed by atoms with Gasteiger partial charge in [0.25, 0.3) is 0 Å². The Balaban J connectivity index is 0.000000932. The minimum atomic E-state index is -0.193. The van der Waals surface area contributed by atoms with Gasteiger partial charge in [0.05, 0.1) is 0 Å². The highest BCUT2D eigenvalue weighted by Gasteiger charge is 2.54. The van der Waals surface area contributed by atoms with Gasteiger partial charge in [0.1, 0.15) is 11.6 Å². The number of hydrogen-bond acceptors (Lipinski definition) is 2. The third kappa shape index (κ3) is 2.93. The molecule has 0 bridgehead atoms. The lowest BCUT2D eigenvalue weighted by molar-refractivity contribution is -0.126. The van der Waals surface area contributed by atoms with Gasteiger partial charge in [-0.15, -0.1) is 0 Å². The summed E-state index contributed by atoms with van der Waals surface area (Å²) in [7, 11) is 0. The number of ketones is 2. The Morgan fingerprint density at radius 1 is 0.893 bits per heavy atom. The van der Waals surface area contributed by atoms with Crippen LogP contribution in [0.15, 0.2) is 47.1 Å². The number of rotatable bonds is 1. The first-order valence-electron chi connectivity index (χ1n) is 11.1. The summed E-state index contributed by atoms with van der Waals surface area (Å²) in [5, 5.41) is 0. The summed E-state index contributed by atoms with van der Waals surface area (Å²) < 4.78 is 0. The summed E-state index contributed by atoms with van der Waals surface area (Å²) in [6, 6.07) is 10.7. The normalized spacial score (nSPS) is 31.7. The molecule has 4 aliphatic carbocycles. The standard InChI is InChI=1S/C24H26O2.C2H6/c1-24-14-20(15-5-3-2-4-6-15)23-18-10-8-17(25)13-16(18)7-9-19(23)21(24)11-12-22(24)26;1-2/h2-6,19,21H,7-14H2,1H3;1-2H3/t19?,21?,24-;/m0./s1. The van der Waals surface area contributed by atoms with Gasteiger partial charge in [0, 0.05) is 24.7 Å². The third-order valence-electron chi connectivity index (χ3n) is 7.56. The van der Waals surface area contributed by atoms with E-state index in [-0.39, 0.29) is 5.41 Å². The van der Waals surface area contributed by atoms with Crippen molar-refractivity contribution in [2.75, 3.05) is 0 Å². The van der Waals surface area contributed by atoms with Gasteiger partial charge in [-0.25, -0.2) is 0 Å². The summed E-state index contributed by atoms with van der Waals surface area (Å²) in [5.74, 6) is 1.86. The van der Waals surface area contributed by atoms with Gasteiger partial charge in [-0.2, -0.15) is 0 Å². The lowest BCUT2D eigenvalue weighted by Gasteiger charge is -2.47. The van der Waals surface area contributed by atoms with Gasteiger partial charge in [-0.1, -0.05) is 56.7 Å². The van der Waals surface area contributed by atoms with Crippen LogP contribution in [0.25, 0.3) is 5.57 Å². The lowest BCUT2D eigenvalue weighted by Crippen LogP contribution is -2.40. The van der Waals surface area contributed by atoms with E-state index >= 15 is 0 Å². The maximum atomic E-state index is 12.8. The highest BCUT2D eigenvalue weighted by atomic mass is 16.1. The van der Waals surface area contributed by atoms with Crippen molar-refractivity contribution in [1.29, 1.82) is 0 Å². The van der Waals surface area contributed by atoms with Crippen LogP contribution in [0.1, 0.15) is 77.7 Å². The highest BCUT2D eigenvalue weighted by Crippen LogP contribution is 2.61. The molecular formula is C26H32O2. The molecule has 1 aromatic rings. The summed E-state index contributed by atoms with van der Waals surface area (Å²) >= 11 is 0. The molecule has 0 amide bonds. The van der Waals surface area contributed by atoms with Crippen LogP contribution in [-0.2, 0) is 9.59 Å². The second-order valence-corrected chi connectivity index (χ2v) is 8.86. The molecule has 0 aromatic heterocycles. The number of hydrogen-bond donors (Lipinski definition) is 0. The SMILES string of the molecule is CC.C[C@]12CC(c3ccccc3)=C3C4=C(CCC3C1CCC2=O)CC(=O)CC4. The molecule has 1 fully saturated rings. The second-order valence-electron chi connectivity index (χ2n) is 8.86. The van der Waals surface area contributed by atoms with E-state index in [2.05, 4.69) is 37.3 Å². The molecule has 1 aromatic carbocycles. The van der Waals surface area contributed by atoms with Crippen molar-refractivity contribution in [3.05, 3.63) is 52.6 Å². The first-order chi connectivity index (χ1) is 13.6. The highest BCUT2D eigenvalue weighted by molar-refractivity contribution is 5.92. The number of benzene rings is 1. The van der Waals surface area contributed by atoms with Crippen LogP contribution < -0.4 is 0 Å². The fraction of sp³-hybridized carbons (Fsp3) is 0.538. The zero-order valence-corrected chi connectivity index (χ0v) is 17.5. The van der Waals surface area contributed by atoms with Gasteiger partial charge in [-0.3, -0.25) is 9.59 Å². The Morgan fingerprint density at radius 2 is 1.64 bits per heavy atom. The Bertz CT molecular complexity index is 858. The average molecular weight is 377 g/mol. The van der Waals surface area contributed by atoms with Crippen LogP contribution >= 0.6 is 0 Å². The summed E-state index contributed by atoms with van der Waals surface area (Å²) in [5.41, 5.74) is 6.89. The molecule has 3 atom stereocenters. The van der Waals surface area contributed by atoms with E-state index in [1.807, 2.05) is 13.8 Å². The van der Waals surface area contributed by atoms with Gasteiger partial charge >= 0.3 is 0 Å². The molecular weight excluding hydrogens is 344 g/mol. The molecule has 0 aliphatic heterocycles. The van der Waals surface area contributed by atoms with Gasteiger partial charge in [0.15, 0.2) is 0 Å². The largest absolute Gasteiger partial charge is 0.299 e. The Labute approximate surface area is 169 Å². The molecule has 0 saturated heterocycles. The van der Waals surface area contributed by atoms with Crippen LogP contribution in [0.5, 0.6) is 0 Å². The van der Waals surface area contributed by atoms with E-state index in [0.29, 0.717) is 36.2 Å². The molecule has 5 rings (SSSR count). The van der Waals surface area contributed by atoms with Crippen molar-refractivity contribution in [2.24, 2.45) is 17.3 Å². The zero-order valence-electron chi connectivity index (χ0n) is 17.5. The summed E-state index contributed by atoms with van der Waals surface area (Å²) in [4.78, 5) is 24.8. The van der Waals surface area contributed by atoms with E-state index < -0.39 is 0 Å². The number of allylic oxidation sites excluding steroid dienone is 4. The molecule has 1 saturated carbocycles. The third-order valence-corrected chi connectivity index (χ3v) is 7.56. The second kappa shape index (κ2) is 7.46. The molecule has 2 unspecified atom stereocenters. The monoisotopic (exact) mass is 376 g/mol. The van der Waals surface area contributed by atoms with Crippen molar-refractivity contribution < 1.29 is 9.59 Å². The van der Waals surface area contributed by atoms with Crippen LogP contribution in [0.2, 0.25) is 0 Å². The molecule has 28 heavy (non-hydrogen) atoms. The quantitative estimate of drug-likeness (QED) is 0.575. The fourth-order valence-corrected chi connectivity index (χ4v) is 6.28. The maximum Gasteiger partial charge on any atom is 0.139 e. The van der Waals surface area contributed by atoms with Gasteiger partial charge in [0.2, 0.25) is 0 Å². The van der Waals surface area contributed by atoms with Crippen molar-refractivity contribution in [2.45, 2.75) is 72.1 Å². The minimum Gasteiger partial charge on any atom is -0.299 e. The minimum absolute atomic E-state index is 0.193. The van der Waals surface area contributed by atoms with Gasteiger partial charge in [-0.05, 0) is 66.2 Å². The number of carbonyl (C=O) groups excluding carboxylic acids is 2. The zero-order chi connectivity index (χ0) is 19.9.